The summed E-state index contributed by atoms with van der Waals surface area (Å²) >= 11 is 1.62. The van der Waals surface area contributed by atoms with E-state index in [1.165, 1.54) is 0 Å². The van der Waals surface area contributed by atoms with Gasteiger partial charge in [-0.1, -0.05) is 0 Å². The zero-order valence-electron chi connectivity index (χ0n) is 11.4. The highest BCUT2D eigenvalue weighted by Gasteiger charge is 2.11. The van der Waals surface area contributed by atoms with Crippen LogP contribution in [0.2, 0.25) is 0 Å². The van der Waals surface area contributed by atoms with Crippen LogP contribution in [0.4, 0.5) is 0 Å². The average molecular weight is 308 g/mol. The van der Waals surface area contributed by atoms with E-state index in [1.54, 1.807) is 23.7 Å². The molecule has 1 N–H and O–H groups in total. The number of nitrogens with one attached hydrogen (secondary N) is 1. The molecule has 2 heterocycles. The summed E-state index contributed by atoms with van der Waals surface area (Å²) in [5, 5.41) is 6.78. The van der Waals surface area contributed by atoms with Gasteiger partial charge in [0.2, 0.25) is 0 Å². The van der Waals surface area contributed by atoms with Gasteiger partial charge in [-0.2, -0.15) is 11.3 Å². The molecule has 20 heavy (non-hydrogen) atoms. The van der Waals surface area contributed by atoms with Crippen LogP contribution in [0.3, 0.4) is 0 Å². The summed E-state index contributed by atoms with van der Waals surface area (Å²) in [4.78, 5) is 16.5. The Morgan fingerprint density at radius 1 is 1.40 bits per heavy atom. The van der Waals surface area contributed by atoms with Crippen molar-refractivity contribution in [2.24, 2.45) is 0 Å². The first-order valence-corrected chi connectivity index (χ1v) is 8.83. The minimum atomic E-state index is -0.897. The Morgan fingerprint density at radius 3 is 2.80 bits per heavy atom. The SMILES string of the molecule is Cc1nc(-c2ccsc2)ccc1C(=O)NCCS(C)=O. The first-order valence-electron chi connectivity index (χ1n) is 6.16. The smallest absolute Gasteiger partial charge is 0.253 e. The number of amides is 1. The standard InChI is InChI=1S/C14H16N2O2S2/c1-10-12(14(17)15-6-8-20(2)18)3-4-13(16-10)11-5-7-19-9-11/h3-5,7,9H,6,8H2,1-2H3,(H,15,17). The molecular formula is C14H16N2O2S2. The third-order valence-electron chi connectivity index (χ3n) is 2.82. The number of aryl methyl sites for hydroxylation is 1. The molecule has 0 radical (unpaired) electrons. The molecule has 2 aromatic heterocycles. The van der Waals surface area contributed by atoms with Crippen molar-refractivity contribution in [1.29, 1.82) is 0 Å². The quantitative estimate of drug-likeness (QED) is 0.921. The lowest BCUT2D eigenvalue weighted by Gasteiger charge is -2.08. The first kappa shape index (κ1) is 14.9. The van der Waals surface area contributed by atoms with Crippen LogP contribution in [0, 0.1) is 6.92 Å². The van der Waals surface area contributed by atoms with Crippen molar-refractivity contribution < 1.29 is 9.00 Å². The maximum Gasteiger partial charge on any atom is 0.253 e. The fourth-order valence-corrected chi connectivity index (χ4v) is 2.81. The predicted molar refractivity (Wildman–Crippen MR) is 83.6 cm³/mol. The average Bonchev–Trinajstić information content (AvgIpc) is 2.91. The Bertz CT molecular complexity index is 624. The topological polar surface area (TPSA) is 59.1 Å². The van der Waals surface area contributed by atoms with Gasteiger partial charge in [-0.25, -0.2) is 0 Å². The van der Waals surface area contributed by atoms with Crippen LogP contribution in [0.25, 0.3) is 11.3 Å². The van der Waals surface area contributed by atoms with Crippen LogP contribution in [-0.2, 0) is 10.8 Å². The van der Waals surface area contributed by atoms with Crippen LogP contribution in [-0.4, -0.2) is 33.7 Å². The van der Waals surface area contributed by atoms with E-state index < -0.39 is 10.8 Å². The number of hydrogen-bond donors (Lipinski definition) is 1. The molecular weight excluding hydrogens is 292 g/mol. The fraction of sp³-hybridized carbons (Fsp3) is 0.286. The molecule has 1 unspecified atom stereocenters. The lowest BCUT2D eigenvalue weighted by molar-refractivity contribution is 0.0955. The number of nitrogens with zero attached hydrogens (tertiary/aromatic N) is 1. The largest absolute Gasteiger partial charge is 0.351 e. The number of thiophene rings is 1. The van der Waals surface area contributed by atoms with Crippen molar-refractivity contribution in [2.45, 2.75) is 6.92 Å². The van der Waals surface area contributed by atoms with Crippen LogP contribution < -0.4 is 5.32 Å². The van der Waals surface area contributed by atoms with Crippen LogP contribution in [0.15, 0.2) is 29.0 Å². The van der Waals surface area contributed by atoms with E-state index in [2.05, 4.69) is 10.3 Å². The lowest BCUT2D eigenvalue weighted by atomic mass is 10.1. The molecule has 0 fully saturated rings. The van der Waals surface area contributed by atoms with Crippen molar-refractivity contribution in [3.05, 3.63) is 40.2 Å². The van der Waals surface area contributed by atoms with Crippen molar-refractivity contribution in [1.82, 2.24) is 10.3 Å². The number of aromatic nitrogens is 1. The Kier molecular flexibility index (Phi) is 5.03. The zero-order valence-corrected chi connectivity index (χ0v) is 13.0. The fourth-order valence-electron chi connectivity index (χ4n) is 1.78. The van der Waals surface area contributed by atoms with E-state index in [0.29, 0.717) is 23.6 Å². The summed E-state index contributed by atoms with van der Waals surface area (Å²) in [5.41, 5.74) is 3.19. The normalized spacial score (nSPS) is 12.1. The molecule has 0 aliphatic rings. The summed E-state index contributed by atoms with van der Waals surface area (Å²) < 4.78 is 11.0. The number of hydrogen-bond acceptors (Lipinski definition) is 4. The minimum Gasteiger partial charge on any atom is -0.351 e. The highest BCUT2D eigenvalue weighted by molar-refractivity contribution is 7.84. The number of carbonyl (C=O) groups excluding carboxylic acids is 1. The van der Waals surface area contributed by atoms with Gasteiger partial charge in [0.15, 0.2) is 0 Å². The summed E-state index contributed by atoms with van der Waals surface area (Å²) in [6.45, 7) is 2.23. The van der Waals surface area contributed by atoms with Crippen molar-refractivity contribution in [2.75, 3.05) is 18.6 Å². The van der Waals surface area contributed by atoms with Gasteiger partial charge in [-0.3, -0.25) is 14.0 Å². The van der Waals surface area contributed by atoms with Gasteiger partial charge in [0.25, 0.3) is 5.91 Å². The van der Waals surface area contributed by atoms with Crippen molar-refractivity contribution >= 4 is 28.0 Å². The summed E-state index contributed by atoms with van der Waals surface area (Å²) in [5.74, 6) is 0.294. The van der Waals surface area contributed by atoms with Crippen LogP contribution in [0.5, 0.6) is 0 Å². The van der Waals surface area contributed by atoms with E-state index in [4.69, 9.17) is 0 Å². The number of pyridine rings is 1. The Labute approximate surface area is 124 Å². The second-order valence-corrected chi connectivity index (χ2v) is 6.71. The van der Waals surface area contributed by atoms with Gasteiger partial charge in [0, 0.05) is 40.3 Å². The number of carbonyl (C=O) groups is 1. The van der Waals surface area contributed by atoms with E-state index in [9.17, 15) is 9.00 Å². The van der Waals surface area contributed by atoms with Gasteiger partial charge < -0.3 is 5.32 Å². The molecule has 2 aromatic rings. The molecule has 2 rings (SSSR count). The summed E-state index contributed by atoms with van der Waals surface area (Å²) in [6, 6.07) is 5.64. The molecule has 0 aliphatic heterocycles. The molecule has 0 saturated carbocycles. The van der Waals surface area contributed by atoms with Crippen molar-refractivity contribution in [3.63, 3.8) is 0 Å². The van der Waals surface area contributed by atoms with Crippen LogP contribution >= 0.6 is 11.3 Å². The maximum absolute atomic E-state index is 12.0. The van der Waals surface area contributed by atoms with Crippen molar-refractivity contribution in [3.8, 4) is 11.3 Å². The Morgan fingerprint density at radius 2 is 2.20 bits per heavy atom. The molecule has 6 heteroatoms. The van der Waals surface area contributed by atoms with Gasteiger partial charge in [0.1, 0.15) is 0 Å². The van der Waals surface area contributed by atoms with Crippen LogP contribution in [0.1, 0.15) is 16.1 Å². The van der Waals surface area contributed by atoms with E-state index >= 15 is 0 Å². The Hall–Kier alpha value is -1.53. The zero-order chi connectivity index (χ0) is 14.5. The van der Waals surface area contributed by atoms with Gasteiger partial charge in [0.05, 0.1) is 17.0 Å². The second kappa shape index (κ2) is 6.76. The van der Waals surface area contributed by atoms with Gasteiger partial charge >= 0.3 is 0 Å². The van der Waals surface area contributed by atoms with Gasteiger partial charge in [-0.15, -0.1) is 0 Å². The number of rotatable bonds is 5. The highest BCUT2D eigenvalue weighted by Crippen LogP contribution is 2.21. The maximum atomic E-state index is 12.0. The highest BCUT2D eigenvalue weighted by atomic mass is 32.2. The van der Waals surface area contributed by atoms with E-state index in [-0.39, 0.29) is 5.91 Å². The Balaban J connectivity index is 2.09. The third-order valence-corrected chi connectivity index (χ3v) is 4.28. The third kappa shape index (κ3) is 3.74. The monoisotopic (exact) mass is 308 g/mol. The first-order chi connectivity index (χ1) is 9.58. The molecule has 0 bridgehead atoms. The summed E-state index contributed by atoms with van der Waals surface area (Å²) in [7, 11) is -0.897. The van der Waals surface area contributed by atoms with E-state index in [0.717, 1.165) is 11.3 Å². The molecule has 106 valence electrons. The van der Waals surface area contributed by atoms with E-state index in [1.807, 2.05) is 29.8 Å². The second-order valence-electron chi connectivity index (χ2n) is 4.37. The van der Waals surface area contributed by atoms with Gasteiger partial charge in [-0.05, 0) is 30.5 Å². The minimum absolute atomic E-state index is 0.169. The molecule has 0 spiro atoms. The molecule has 4 nitrogen and oxygen atoms in total. The molecule has 0 saturated heterocycles. The molecule has 1 atom stereocenters. The molecule has 1 amide bonds. The molecule has 0 aromatic carbocycles. The lowest BCUT2D eigenvalue weighted by Crippen LogP contribution is -2.28. The summed E-state index contributed by atoms with van der Waals surface area (Å²) in [6.07, 6.45) is 1.62. The predicted octanol–water partition coefficient (Wildman–Crippen LogP) is 2.23. The molecule has 0 aliphatic carbocycles.